The molecule has 0 atom stereocenters. The Morgan fingerprint density at radius 1 is 0.885 bits per heavy atom. The highest BCUT2D eigenvalue weighted by Crippen LogP contribution is 2.29. The third-order valence-electron chi connectivity index (χ3n) is 4.57. The molecule has 0 saturated heterocycles. The number of benzene rings is 1. The molecule has 2 heterocycles. The van der Waals surface area contributed by atoms with E-state index in [1.165, 1.54) is 14.1 Å². The molecule has 7 nitrogen and oxygen atoms in total. The third-order valence-corrected chi connectivity index (χ3v) is 6.70. The van der Waals surface area contributed by atoms with Crippen LogP contribution in [0.2, 0.25) is 0 Å². The second-order valence-corrected chi connectivity index (χ2v) is 10.2. The molecule has 0 spiro atoms. The second kappa shape index (κ2) is 6.40. The lowest BCUT2D eigenvalue weighted by molar-refractivity contribution is 0.292. The molecular formula is C17H23N3O4S2. The highest BCUT2D eigenvalue weighted by molar-refractivity contribution is 7.89. The maximum Gasteiger partial charge on any atom is 0.236 e. The lowest BCUT2D eigenvalue weighted by atomic mass is 10.2. The van der Waals surface area contributed by atoms with E-state index in [2.05, 4.69) is 4.90 Å². The average Bonchev–Trinajstić information content (AvgIpc) is 3.09. The molecule has 0 unspecified atom stereocenters. The Bertz CT molecular complexity index is 1180. The summed E-state index contributed by atoms with van der Waals surface area (Å²) < 4.78 is 51.4. The third kappa shape index (κ3) is 3.26. The topological polar surface area (TPSA) is 81.4 Å². The van der Waals surface area contributed by atoms with Crippen LogP contribution in [0.15, 0.2) is 30.5 Å². The zero-order valence-electron chi connectivity index (χ0n) is 15.3. The van der Waals surface area contributed by atoms with Gasteiger partial charge in [-0.05, 0) is 37.4 Å². The van der Waals surface area contributed by atoms with Gasteiger partial charge in [0.25, 0.3) is 0 Å². The lowest BCUT2D eigenvalue weighted by Crippen LogP contribution is -2.25. The maximum atomic E-state index is 12.5. The first-order valence-electron chi connectivity index (χ1n) is 8.35. The normalized spacial score (nSPS) is 13.3. The summed E-state index contributed by atoms with van der Waals surface area (Å²) in [5.41, 5.74) is 1.63. The highest BCUT2D eigenvalue weighted by atomic mass is 32.2. The van der Waals surface area contributed by atoms with E-state index >= 15 is 0 Å². The number of rotatable bonds is 6. The van der Waals surface area contributed by atoms with Gasteiger partial charge in [0.05, 0.1) is 23.5 Å². The van der Waals surface area contributed by atoms with Crippen LogP contribution in [-0.4, -0.2) is 55.3 Å². The standard InChI is InChI=1S/C17H23N3O4S2/c1-5-18(6-2)12-15-10-14-9-13-7-8-19(25(3,21)22)16(13)11-17(14)20(15)26(4,23)24/h7-11H,5-6,12H2,1-4H3. The SMILES string of the molecule is CCN(CC)Cc1cc2cc3ccn(S(C)(=O)=O)c3cc2n1S(C)(=O)=O. The van der Waals surface area contributed by atoms with Crippen molar-refractivity contribution < 1.29 is 16.8 Å². The minimum atomic E-state index is -3.55. The van der Waals surface area contributed by atoms with Crippen LogP contribution in [0.1, 0.15) is 19.5 Å². The van der Waals surface area contributed by atoms with E-state index in [1.807, 2.05) is 26.0 Å². The van der Waals surface area contributed by atoms with Gasteiger partial charge in [-0.1, -0.05) is 13.8 Å². The predicted molar refractivity (Wildman–Crippen MR) is 105 cm³/mol. The van der Waals surface area contributed by atoms with Crippen molar-refractivity contribution in [2.45, 2.75) is 20.4 Å². The molecule has 142 valence electrons. The van der Waals surface area contributed by atoms with E-state index in [4.69, 9.17) is 0 Å². The van der Waals surface area contributed by atoms with Crippen molar-refractivity contribution in [3.63, 3.8) is 0 Å². The van der Waals surface area contributed by atoms with Gasteiger partial charge in [-0.15, -0.1) is 0 Å². The van der Waals surface area contributed by atoms with Gasteiger partial charge in [-0.3, -0.25) is 4.90 Å². The molecule has 0 radical (unpaired) electrons. The zero-order chi connectivity index (χ0) is 19.3. The summed E-state index contributed by atoms with van der Waals surface area (Å²) in [4.78, 5) is 2.13. The minimum absolute atomic E-state index is 0.470. The summed E-state index contributed by atoms with van der Waals surface area (Å²) in [6, 6.07) is 7.06. The summed E-state index contributed by atoms with van der Waals surface area (Å²) >= 11 is 0. The maximum absolute atomic E-state index is 12.5. The summed E-state index contributed by atoms with van der Waals surface area (Å²) in [6.45, 7) is 6.18. The Morgan fingerprint density at radius 2 is 1.54 bits per heavy atom. The molecule has 3 rings (SSSR count). The minimum Gasteiger partial charge on any atom is -0.298 e. The first kappa shape index (κ1) is 18.9. The van der Waals surface area contributed by atoms with E-state index in [-0.39, 0.29) is 0 Å². The van der Waals surface area contributed by atoms with Crippen LogP contribution in [0.3, 0.4) is 0 Å². The number of fused-ring (bicyclic) bond motifs is 2. The molecule has 0 bridgehead atoms. The Hall–Kier alpha value is -1.84. The van der Waals surface area contributed by atoms with E-state index in [0.717, 1.165) is 36.4 Å². The van der Waals surface area contributed by atoms with Gasteiger partial charge in [-0.25, -0.2) is 24.8 Å². The molecule has 0 aliphatic carbocycles. The molecule has 9 heteroatoms. The van der Waals surface area contributed by atoms with Crippen LogP contribution in [0, 0.1) is 0 Å². The molecule has 0 aliphatic rings. The Morgan fingerprint density at radius 3 is 2.08 bits per heavy atom. The van der Waals surface area contributed by atoms with Crippen LogP contribution in [0.4, 0.5) is 0 Å². The van der Waals surface area contributed by atoms with Gasteiger partial charge < -0.3 is 0 Å². The lowest BCUT2D eigenvalue weighted by Gasteiger charge is -2.19. The van der Waals surface area contributed by atoms with Gasteiger partial charge in [0.1, 0.15) is 0 Å². The fourth-order valence-electron chi connectivity index (χ4n) is 3.32. The van der Waals surface area contributed by atoms with Gasteiger partial charge >= 0.3 is 0 Å². The molecule has 0 amide bonds. The van der Waals surface area contributed by atoms with Gasteiger partial charge in [0.15, 0.2) is 0 Å². The van der Waals surface area contributed by atoms with E-state index in [1.54, 1.807) is 12.1 Å². The molecule has 2 aromatic heterocycles. The molecular weight excluding hydrogens is 374 g/mol. The Kier molecular flexibility index (Phi) is 4.66. The molecule has 0 N–H and O–H groups in total. The molecule has 3 aromatic rings. The van der Waals surface area contributed by atoms with Crippen LogP contribution < -0.4 is 0 Å². The van der Waals surface area contributed by atoms with E-state index < -0.39 is 20.0 Å². The van der Waals surface area contributed by atoms with Gasteiger partial charge in [0, 0.05) is 29.2 Å². The summed E-state index contributed by atoms with van der Waals surface area (Å²) in [5.74, 6) is 0. The quantitative estimate of drug-likeness (QED) is 0.636. The average molecular weight is 398 g/mol. The monoisotopic (exact) mass is 397 g/mol. The molecule has 1 aromatic carbocycles. The Labute approximate surface area is 153 Å². The van der Waals surface area contributed by atoms with E-state index in [9.17, 15) is 16.8 Å². The molecule has 26 heavy (non-hydrogen) atoms. The first-order chi connectivity index (χ1) is 12.1. The molecule has 0 aliphatic heterocycles. The number of hydrogen-bond donors (Lipinski definition) is 0. The van der Waals surface area contributed by atoms with Crippen LogP contribution in [0.5, 0.6) is 0 Å². The summed E-state index contributed by atoms with van der Waals surface area (Å²) in [7, 11) is -7.02. The van der Waals surface area contributed by atoms with Crippen molar-refractivity contribution >= 4 is 41.9 Å². The molecule has 0 saturated carbocycles. The largest absolute Gasteiger partial charge is 0.298 e. The smallest absolute Gasteiger partial charge is 0.236 e. The van der Waals surface area contributed by atoms with Gasteiger partial charge in [-0.2, -0.15) is 0 Å². The number of aromatic nitrogens is 2. The number of hydrogen-bond acceptors (Lipinski definition) is 5. The Balaban J connectivity index is 2.34. The second-order valence-electron chi connectivity index (χ2n) is 6.47. The van der Waals surface area contributed by atoms with Crippen molar-refractivity contribution in [1.29, 1.82) is 0 Å². The van der Waals surface area contributed by atoms with Crippen LogP contribution in [0.25, 0.3) is 21.8 Å². The summed E-state index contributed by atoms with van der Waals surface area (Å²) in [5, 5.41) is 1.53. The van der Waals surface area contributed by atoms with Crippen molar-refractivity contribution in [2.75, 3.05) is 25.6 Å². The van der Waals surface area contributed by atoms with Crippen LogP contribution in [-0.2, 0) is 26.6 Å². The zero-order valence-corrected chi connectivity index (χ0v) is 16.9. The summed E-state index contributed by atoms with van der Waals surface area (Å²) in [6.07, 6.45) is 3.77. The van der Waals surface area contributed by atoms with Crippen molar-refractivity contribution in [2.24, 2.45) is 0 Å². The van der Waals surface area contributed by atoms with E-state index in [0.29, 0.717) is 23.3 Å². The van der Waals surface area contributed by atoms with Crippen molar-refractivity contribution in [3.05, 3.63) is 36.2 Å². The number of nitrogens with zero attached hydrogens (tertiary/aromatic N) is 3. The van der Waals surface area contributed by atoms with Crippen molar-refractivity contribution in [1.82, 2.24) is 12.8 Å². The first-order valence-corrected chi connectivity index (χ1v) is 12.0. The van der Waals surface area contributed by atoms with Gasteiger partial charge in [0.2, 0.25) is 20.0 Å². The fourth-order valence-corrected chi connectivity index (χ4v) is 5.16. The fraction of sp³-hybridized carbons (Fsp3) is 0.412. The molecule has 0 fully saturated rings. The van der Waals surface area contributed by atoms with Crippen LogP contribution >= 0.6 is 0 Å². The van der Waals surface area contributed by atoms with Crippen molar-refractivity contribution in [3.8, 4) is 0 Å². The highest BCUT2D eigenvalue weighted by Gasteiger charge is 2.20. The predicted octanol–water partition coefficient (Wildman–Crippen LogP) is 2.05.